The first kappa shape index (κ1) is 20.6. The number of hydrogen-bond acceptors (Lipinski definition) is 4. The number of nitrogens with one attached hydrogen (secondary N) is 1. The molecule has 0 atom stereocenters. The molecule has 1 heterocycles. The van der Waals surface area contributed by atoms with Gasteiger partial charge in [0.2, 0.25) is 15.9 Å². The maximum atomic E-state index is 12.8. The van der Waals surface area contributed by atoms with Crippen LogP contribution in [-0.4, -0.2) is 38.8 Å². The summed E-state index contributed by atoms with van der Waals surface area (Å²) in [5.74, 6) is 0.198. The van der Waals surface area contributed by atoms with Crippen molar-refractivity contribution in [3.05, 3.63) is 53.1 Å². The largest absolute Gasteiger partial charge is 0.495 e. The van der Waals surface area contributed by atoms with Crippen LogP contribution in [0.25, 0.3) is 0 Å². The Labute approximate surface area is 170 Å². The van der Waals surface area contributed by atoms with E-state index in [4.69, 9.17) is 16.3 Å². The van der Waals surface area contributed by atoms with Crippen molar-refractivity contribution in [2.45, 2.75) is 30.6 Å². The first-order valence-corrected chi connectivity index (χ1v) is 10.9. The van der Waals surface area contributed by atoms with Gasteiger partial charge >= 0.3 is 0 Å². The third-order valence-corrected chi connectivity index (χ3v) is 6.85. The quantitative estimate of drug-likeness (QED) is 0.738. The van der Waals surface area contributed by atoms with Gasteiger partial charge in [0.05, 0.1) is 17.7 Å². The Morgan fingerprint density at radius 3 is 2.46 bits per heavy atom. The number of amides is 1. The molecule has 0 bridgehead atoms. The predicted molar refractivity (Wildman–Crippen MR) is 109 cm³/mol. The Bertz CT molecular complexity index is 939. The van der Waals surface area contributed by atoms with Crippen molar-refractivity contribution in [1.29, 1.82) is 0 Å². The Morgan fingerprint density at radius 2 is 1.82 bits per heavy atom. The van der Waals surface area contributed by atoms with Crippen LogP contribution in [0.15, 0.2) is 47.4 Å². The lowest BCUT2D eigenvalue weighted by Crippen LogP contribution is -2.28. The molecule has 150 valence electrons. The molecule has 8 heteroatoms. The molecule has 0 aromatic heterocycles. The molecule has 1 aliphatic heterocycles. The van der Waals surface area contributed by atoms with Crippen LogP contribution in [0, 0.1) is 0 Å². The number of aryl methyl sites for hydroxylation is 1. The standard InChI is InChI=1S/C20H23ClN2O4S/c1-27-19-10-9-17(28(25,26)23-12-2-3-13-23)14-18(19)22-20(24)11-6-15-4-7-16(21)8-5-15/h4-5,7-10,14H,2-3,6,11-13H2,1H3,(H,22,24). The molecule has 28 heavy (non-hydrogen) atoms. The van der Waals surface area contributed by atoms with Gasteiger partial charge in [-0.15, -0.1) is 0 Å². The Morgan fingerprint density at radius 1 is 1.14 bits per heavy atom. The van der Waals surface area contributed by atoms with Crippen LogP contribution in [0.4, 0.5) is 5.69 Å². The zero-order valence-corrected chi connectivity index (χ0v) is 17.2. The number of carbonyl (C=O) groups is 1. The Balaban J connectivity index is 1.72. The molecule has 1 aliphatic rings. The van der Waals surface area contributed by atoms with Crippen LogP contribution >= 0.6 is 11.6 Å². The van der Waals surface area contributed by atoms with Gasteiger partial charge in [0.25, 0.3) is 0 Å². The smallest absolute Gasteiger partial charge is 0.243 e. The molecule has 2 aromatic rings. The molecular formula is C20H23ClN2O4S. The van der Waals surface area contributed by atoms with E-state index in [0.29, 0.717) is 36.0 Å². The zero-order valence-electron chi connectivity index (χ0n) is 15.7. The number of ether oxygens (including phenoxy) is 1. The van der Waals surface area contributed by atoms with E-state index >= 15 is 0 Å². The highest BCUT2D eigenvalue weighted by molar-refractivity contribution is 7.89. The summed E-state index contributed by atoms with van der Waals surface area (Å²) < 4.78 is 32.3. The molecule has 1 fully saturated rings. The van der Waals surface area contributed by atoms with Gasteiger partial charge < -0.3 is 10.1 Å². The maximum absolute atomic E-state index is 12.8. The van der Waals surface area contributed by atoms with E-state index in [-0.39, 0.29) is 17.2 Å². The van der Waals surface area contributed by atoms with E-state index in [1.54, 1.807) is 18.2 Å². The van der Waals surface area contributed by atoms with Gasteiger partial charge in [-0.2, -0.15) is 4.31 Å². The minimum Gasteiger partial charge on any atom is -0.495 e. The van der Waals surface area contributed by atoms with Gasteiger partial charge in [-0.3, -0.25) is 4.79 Å². The number of anilines is 1. The molecule has 0 unspecified atom stereocenters. The van der Waals surface area contributed by atoms with E-state index in [9.17, 15) is 13.2 Å². The second kappa shape index (κ2) is 8.94. The van der Waals surface area contributed by atoms with Crippen molar-refractivity contribution in [1.82, 2.24) is 4.31 Å². The zero-order chi connectivity index (χ0) is 20.1. The van der Waals surface area contributed by atoms with Gasteiger partial charge in [-0.1, -0.05) is 23.7 Å². The van der Waals surface area contributed by atoms with E-state index in [0.717, 1.165) is 18.4 Å². The van der Waals surface area contributed by atoms with Gasteiger partial charge in [0, 0.05) is 24.5 Å². The number of benzene rings is 2. The summed E-state index contributed by atoms with van der Waals surface area (Å²) in [4.78, 5) is 12.5. The van der Waals surface area contributed by atoms with E-state index < -0.39 is 10.0 Å². The normalized spacial score (nSPS) is 14.8. The van der Waals surface area contributed by atoms with Gasteiger partial charge in [0.1, 0.15) is 5.75 Å². The average molecular weight is 423 g/mol. The van der Waals surface area contributed by atoms with Crippen molar-refractivity contribution in [2.75, 3.05) is 25.5 Å². The highest BCUT2D eigenvalue weighted by Crippen LogP contribution is 2.30. The van der Waals surface area contributed by atoms with Gasteiger partial charge in [0.15, 0.2) is 0 Å². The molecule has 1 amide bonds. The highest BCUT2D eigenvalue weighted by Gasteiger charge is 2.28. The molecule has 3 rings (SSSR count). The highest BCUT2D eigenvalue weighted by atomic mass is 35.5. The van der Waals surface area contributed by atoms with Gasteiger partial charge in [-0.25, -0.2) is 8.42 Å². The van der Waals surface area contributed by atoms with Crippen molar-refractivity contribution in [2.24, 2.45) is 0 Å². The third kappa shape index (κ3) is 4.84. The fourth-order valence-corrected chi connectivity index (χ4v) is 4.81. The van der Waals surface area contributed by atoms with Gasteiger partial charge in [-0.05, 0) is 55.2 Å². The van der Waals surface area contributed by atoms with Crippen LogP contribution < -0.4 is 10.1 Å². The number of carbonyl (C=O) groups excluding carboxylic acids is 1. The summed E-state index contributed by atoms with van der Waals surface area (Å²) in [5, 5.41) is 3.42. The first-order valence-electron chi connectivity index (χ1n) is 9.12. The number of rotatable bonds is 7. The number of sulfonamides is 1. The second-order valence-electron chi connectivity index (χ2n) is 6.65. The van der Waals surface area contributed by atoms with E-state index in [2.05, 4.69) is 5.32 Å². The molecule has 0 radical (unpaired) electrons. The lowest BCUT2D eigenvalue weighted by Gasteiger charge is -2.17. The van der Waals surface area contributed by atoms with Crippen LogP contribution in [-0.2, 0) is 21.2 Å². The fourth-order valence-electron chi connectivity index (χ4n) is 3.14. The van der Waals surface area contributed by atoms with Crippen LogP contribution in [0.2, 0.25) is 5.02 Å². The molecule has 1 N–H and O–H groups in total. The Hall–Kier alpha value is -2.09. The molecular weight excluding hydrogens is 400 g/mol. The number of methoxy groups -OCH3 is 1. The summed E-state index contributed by atoms with van der Waals surface area (Å²) in [7, 11) is -2.09. The monoisotopic (exact) mass is 422 g/mol. The number of hydrogen-bond donors (Lipinski definition) is 1. The number of nitrogens with zero attached hydrogens (tertiary/aromatic N) is 1. The van der Waals surface area contributed by atoms with Crippen LogP contribution in [0.1, 0.15) is 24.8 Å². The van der Waals surface area contributed by atoms with E-state index in [1.807, 2.05) is 12.1 Å². The summed E-state index contributed by atoms with van der Waals surface area (Å²) in [6, 6.07) is 11.9. The maximum Gasteiger partial charge on any atom is 0.243 e. The van der Waals surface area contributed by atoms with Crippen LogP contribution in [0.5, 0.6) is 5.75 Å². The molecule has 0 aliphatic carbocycles. The lowest BCUT2D eigenvalue weighted by molar-refractivity contribution is -0.116. The minimum atomic E-state index is -3.57. The van der Waals surface area contributed by atoms with Crippen LogP contribution in [0.3, 0.4) is 0 Å². The average Bonchev–Trinajstić information content (AvgIpc) is 3.23. The number of halogens is 1. The molecule has 2 aromatic carbocycles. The van der Waals surface area contributed by atoms with Crippen molar-refractivity contribution < 1.29 is 17.9 Å². The topological polar surface area (TPSA) is 75.7 Å². The summed E-state index contributed by atoms with van der Waals surface area (Å²) >= 11 is 5.87. The van der Waals surface area contributed by atoms with Crippen molar-refractivity contribution in [3.8, 4) is 5.75 Å². The summed E-state index contributed by atoms with van der Waals surface area (Å²) in [6.07, 6.45) is 2.54. The molecule has 1 saturated heterocycles. The fraction of sp³-hybridized carbons (Fsp3) is 0.350. The molecule has 0 saturated carbocycles. The van der Waals surface area contributed by atoms with Crippen molar-refractivity contribution >= 4 is 33.2 Å². The first-order chi connectivity index (χ1) is 13.4. The summed E-state index contributed by atoms with van der Waals surface area (Å²) in [6.45, 7) is 1.05. The SMILES string of the molecule is COc1ccc(S(=O)(=O)N2CCCC2)cc1NC(=O)CCc1ccc(Cl)cc1. The minimum absolute atomic E-state index is 0.156. The Kier molecular flexibility index (Phi) is 6.59. The third-order valence-electron chi connectivity index (χ3n) is 4.70. The summed E-state index contributed by atoms with van der Waals surface area (Å²) in [5.41, 5.74) is 1.35. The molecule has 0 spiro atoms. The second-order valence-corrected chi connectivity index (χ2v) is 9.02. The van der Waals surface area contributed by atoms with Crippen molar-refractivity contribution in [3.63, 3.8) is 0 Å². The van der Waals surface area contributed by atoms with E-state index in [1.165, 1.54) is 23.5 Å². The predicted octanol–water partition coefficient (Wildman–Crippen LogP) is 3.70. The lowest BCUT2D eigenvalue weighted by atomic mass is 10.1. The molecule has 6 nitrogen and oxygen atoms in total.